The van der Waals surface area contributed by atoms with Gasteiger partial charge in [-0.15, -0.1) is 0 Å². The number of carbonyl (C=O) groups excluding carboxylic acids is 1. The number of ether oxygens (including phenoxy) is 1. The van der Waals surface area contributed by atoms with Crippen LogP contribution in [0.3, 0.4) is 0 Å². The molecule has 102 valence electrons. The second kappa shape index (κ2) is 6.72. The number of hydrogen-bond donors (Lipinski definition) is 2. The van der Waals surface area contributed by atoms with Gasteiger partial charge in [0.05, 0.1) is 6.21 Å². The van der Waals surface area contributed by atoms with Gasteiger partial charge in [0, 0.05) is 4.47 Å². The molecule has 6 heteroatoms. The molecule has 0 aliphatic heterocycles. The fourth-order valence-corrected chi connectivity index (χ4v) is 1.70. The average Bonchev–Trinajstić information content (AvgIpc) is 2.43. The molecule has 0 radical (unpaired) electrons. The summed E-state index contributed by atoms with van der Waals surface area (Å²) < 4.78 is 6.67. The van der Waals surface area contributed by atoms with Crippen LogP contribution in [0.1, 0.15) is 5.56 Å². The number of primary amides is 1. The molecular formula is C14H12BrN3O2. The van der Waals surface area contributed by atoms with Crippen LogP contribution in [0, 0.1) is 0 Å². The van der Waals surface area contributed by atoms with Gasteiger partial charge in [0.1, 0.15) is 11.5 Å². The summed E-state index contributed by atoms with van der Waals surface area (Å²) >= 11 is 3.37. The molecule has 0 fully saturated rings. The molecule has 0 heterocycles. The van der Waals surface area contributed by atoms with E-state index < -0.39 is 6.03 Å². The molecule has 0 atom stereocenters. The number of nitrogens with zero attached hydrogens (tertiary/aromatic N) is 1. The maximum Gasteiger partial charge on any atom is 0.332 e. The van der Waals surface area contributed by atoms with Gasteiger partial charge < -0.3 is 10.5 Å². The number of hydrogen-bond acceptors (Lipinski definition) is 3. The first-order valence-corrected chi connectivity index (χ1v) is 6.55. The van der Waals surface area contributed by atoms with Crippen LogP contribution in [0.15, 0.2) is 58.1 Å². The quantitative estimate of drug-likeness (QED) is 0.665. The Bertz CT molecular complexity index is 609. The molecule has 2 aromatic rings. The van der Waals surface area contributed by atoms with Crippen molar-refractivity contribution in [1.82, 2.24) is 5.43 Å². The molecule has 0 saturated heterocycles. The van der Waals surface area contributed by atoms with Gasteiger partial charge in [0.2, 0.25) is 0 Å². The fourth-order valence-electron chi connectivity index (χ4n) is 1.43. The molecule has 0 saturated carbocycles. The summed E-state index contributed by atoms with van der Waals surface area (Å²) in [6, 6.07) is 14.1. The van der Waals surface area contributed by atoms with Gasteiger partial charge in [-0.2, -0.15) is 5.10 Å². The highest BCUT2D eigenvalue weighted by Gasteiger charge is 1.97. The van der Waals surface area contributed by atoms with Crippen molar-refractivity contribution in [3.05, 3.63) is 58.6 Å². The summed E-state index contributed by atoms with van der Waals surface area (Å²) in [5, 5.41) is 3.67. The van der Waals surface area contributed by atoms with E-state index in [4.69, 9.17) is 10.5 Å². The van der Waals surface area contributed by atoms with E-state index in [2.05, 4.69) is 26.5 Å². The molecule has 2 rings (SSSR count). The highest BCUT2D eigenvalue weighted by molar-refractivity contribution is 9.10. The van der Waals surface area contributed by atoms with Crippen molar-refractivity contribution in [3.63, 3.8) is 0 Å². The molecule has 2 aromatic carbocycles. The Kier molecular flexibility index (Phi) is 4.73. The number of carbonyl (C=O) groups is 1. The van der Waals surface area contributed by atoms with E-state index in [-0.39, 0.29) is 0 Å². The minimum absolute atomic E-state index is 0.698. The SMILES string of the molecule is NC(=O)N/N=C/c1ccc(Oc2ccc(Br)cc2)cc1. The van der Waals surface area contributed by atoms with Gasteiger partial charge in [-0.1, -0.05) is 15.9 Å². The zero-order valence-corrected chi connectivity index (χ0v) is 12.0. The second-order valence-electron chi connectivity index (χ2n) is 3.86. The largest absolute Gasteiger partial charge is 0.457 e. The van der Waals surface area contributed by atoms with Crippen molar-refractivity contribution in [2.45, 2.75) is 0 Å². The summed E-state index contributed by atoms with van der Waals surface area (Å²) in [5.74, 6) is 1.47. The number of hydrazone groups is 1. The Morgan fingerprint density at radius 1 is 1.10 bits per heavy atom. The normalized spacial score (nSPS) is 10.4. The van der Waals surface area contributed by atoms with Crippen molar-refractivity contribution in [2.24, 2.45) is 10.8 Å². The molecule has 2 amide bonds. The van der Waals surface area contributed by atoms with E-state index >= 15 is 0 Å². The number of nitrogens with two attached hydrogens (primary N) is 1. The summed E-state index contributed by atoms with van der Waals surface area (Å²) in [4.78, 5) is 10.4. The third-order valence-electron chi connectivity index (χ3n) is 2.32. The van der Waals surface area contributed by atoms with Gasteiger partial charge in [-0.25, -0.2) is 10.2 Å². The smallest absolute Gasteiger partial charge is 0.332 e. The average molecular weight is 334 g/mol. The molecule has 5 nitrogen and oxygen atoms in total. The van der Waals surface area contributed by atoms with Crippen LogP contribution < -0.4 is 15.9 Å². The first-order chi connectivity index (χ1) is 9.63. The van der Waals surface area contributed by atoms with Crippen LogP contribution in [0.2, 0.25) is 0 Å². The molecular weight excluding hydrogens is 322 g/mol. The van der Waals surface area contributed by atoms with E-state index in [0.717, 1.165) is 15.8 Å². The Hall–Kier alpha value is -2.34. The van der Waals surface area contributed by atoms with Gasteiger partial charge in [-0.05, 0) is 54.1 Å². The molecule has 0 aliphatic carbocycles. The van der Waals surface area contributed by atoms with Crippen LogP contribution in [0.4, 0.5) is 4.79 Å². The minimum Gasteiger partial charge on any atom is -0.457 e. The van der Waals surface area contributed by atoms with Crippen LogP contribution in [0.5, 0.6) is 11.5 Å². The van der Waals surface area contributed by atoms with E-state index in [9.17, 15) is 4.79 Å². The monoisotopic (exact) mass is 333 g/mol. The van der Waals surface area contributed by atoms with Crippen LogP contribution >= 0.6 is 15.9 Å². The number of rotatable bonds is 4. The van der Waals surface area contributed by atoms with Crippen LogP contribution in [-0.2, 0) is 0 Å². The van der Waals surface area contributed by atoms with Gasteiger partial charge >= 0.3 is 6.03 Å². The number of benzene rings is 2. The third-order valence-corrected chi connectivity index (χ3v) is 2.85. The minimum atomic E-state index is -0.698. The van der Waals surface area contributed by atoms with Gasteiger partial charge in [0.15, 0.2) is 0 Å². The van der Waals surface area contributed by atoms with E-state index in [0.29, 0.717) is 5.75 Å². The highest BCUT2D eigenvalue weighted by Crippen LogP contribution is 2.23. The molecule has 0 aliphatic rings. The predicted octanol–water partition coefficient (Wildman–Crippen LogP) is 3.24. The van der Waals surface area contributed by atoms with Crippen molar-refractivity contribution in [1.29, 1.82) is 0 Å². The predicted molar refractivity (Wildman–Crippen MR) is 81.0 cm³/mol. The molecule has 0 aromatic heterocycles. The molecule has 0 bridgehead atoms. The highest BCUT2D eigenvalue weighted by atomic mass is 79.9. The third kappa shape index (κ3) is 4.40. The molecule has 0 unspecified atom stereocenters. The van der Waals surface area contributed by atoms with E-state index in [1.54, 1.807) is 0 Å². The lowest BCUT2D eigenvalue weighted by Crippen LogP contribution is -2.24. The van der Waals surface area contributed by atoms with Crippen LogP contribution in [0.25, 0.3) is 0 Å². The van der Waals surface area contributed by atoms with Crippen LogP contribution in [-0.4, -0.2) is 12.2 Å². The summed E-state index contributed by atoms with van der Waals surface area (Å²) in [6.07, 6.45) is 1.49. The zero-order chi connectivity index (χ0) is 14.4. The maximum absolute atomic E-state index is 10.4. The fraction of sp³-hybridized carbons (Fsp3) is 0. The Labute approximate surface area is 124 Å². The summed E-state index contributed by atoms with van der Waals surface area (Å²) in [5.41, 5.74) is 7.84. The second-order valence-corrected chi connectivity index (χ2v) is 4.77. The lowest BCUT2D eigenvalue weighted by molar-refractivity contribution is 0.249. The molecule has 20 heavy (non-hydrogen) atoms. The van der Waals surface area contributed by atoms with Gasteiger partial charge in [-0.3, -0.25) is 0 Å². The van der Waals surface area contributed by atoms with E-state index in [1.165, 1.54) is 6.21 Å². The number of amides is 2. The number of urea groups is 1. The Balaban J connectivity index is 1.99. The zero-order valence-electron chi connectivity index (χ0n) is 10.4. The van der Waals surface area contributed by atoms with E-state index in [1.807, 2.05) is 48.5 Å². The van der Waals surface area contributed by atoms with Crippen molar-refractivity contribution in [3.8, 4) is 11.5 Å². The molecule has 0 spiro atoms. The first-order valence-electron chi connectivity index (χ1n) is 5.75. The van der Waals surface area contributed by atoms with Crippen molar-refractivity contribution < 1.29 is 9.53 Å². The Morgan fingerprint density at radius 3 is 2.20 bits per heavy atom. The van der Waals surface area contributed by atoms with Crippen molar-refractivity contribution >= 4 is 28.2 Å². The lowest BCUT2D eigenvalue weighted by Gasteiger charge is -2.05. The molecule has 3 N–H and O–H groups in total. The van der Waals surface area contributed by atoms with Gasteiger partial charge in [0.25, 0.3) is 0 Å². The number of nitrogens with one attached hydrogen (secondary N) is 1. The maximum atomic E-state index is 10.4. The number of halogens is 1. The lowest BCUT2D eigenvalue weighted by atomic mass is 10.2. The Morgan fingerprint density at radius 2 is 1.65 bits per heavy atom. The standard InChI is InChI=1S/C14H12BrN3O2/c15-11-3-7-13(8-4-11)20-12-5-1-10(2-6-12)9-17-18-14(16)19/h1-9H,(H3,16,18,19)/b17-9+. The topological polar surface area (TPSA) is 76.7 Å². The first kappa shape index (κ1) is 14.1. The summed E-state index contributed by atoms with van der Waals surface area (Å²) in [7, 11) is 0. The summed E-state index contributed by atoms with van der Waals surface area (Å²) in [6.45, 7) is 0. The van der Waals surface area contributed by atoms with Crippen molar-refractivity contribution in [2.75, 3.05) is 0 Å².